The third kappa shape index (κ3) is 4.99. The summed E-state index contributed by atoms with van der Waals surface area (Å²) in [5, 5.41) is 13.9. The second-order valence-electron chi connectivity index (χ2n) is 8.61. The number of nitrogens with zero attached hydrogens (tertiary/aromatic N) is 2. The van der Waals surface area contributed by atoms with Crippen LogP contribution < -0.4 is 10.2 Å². The van der Waals surface area contributed by atoms with Crippen LogP contribution in [-0.2, 0) is 9.53 Å². The van der Waals surface area contributed by atoms with Gasteiger partial charge in [0.2, 0.25) is 5.91 Å². The van der Waals surface area contributed by atoms with Crippen LogP contribution in [0.3, 0.4) is 0 Å². The zero-order valence-corrected chi connectivity index (χ0v) is 19.8. The summed E-state index contributed by atoms with van der Waals surface area (Å²) in [5.41, 5.74) is 4.71. The number of ketones is 1. The standard InChI is InChI=1S/C28H26N4O4/c1-18(33)30-22-5-2-19(3-6-22)27(34)20-4-11-26-24(16-20)25(28(35)31-26)17-29-21-7-9-23(10-8-21)32-12-14-36-15-13-32/h2-11,16-17,31,35H,12-15H2,1H3,(H,30,33). The van der Waals surface area contributed by atoms with E-state index in [-0.39, 0.29) is 17.6 Å². The Morgan fingerprint density at radius 1 is 1.00 bits per heavy atom. The monoisotopic (exact) mass is 482 g/mol. The van der Waals surface area contributed by atoms with Crippen molar-refractivity contribution in [2.24, 2.45) is 4.99 Å². The number of carbonyl (C=O) groups is 2. The molecule has 0 bridgehead atoms. The molecular weight excluding hydrogens is 456 g/mol. The highest BCUT2D eigenvalue weighted by Crippen LogP contribution is 2.29. The van der Waals surface area contributed by atoms with Crippen molar-refractivity contribution in [3.63, 3.8) is 0 Å². The van der Waals surface area contributed by atoms with E-state index in [2.05, 4.69) is 20.2 Å². The lowest BCUT2D eigenvalue weighted by atomic mass is 10.0. The number of benzene rings is 3. The minimum atomic E-state index is -0.172. The zero-order valence-electron chi connectivity index (χ0n) is 19.8. The normalized spacial score (nSPS) is 13.9. The number of nitrogens with one attached hydrogen (secondary N) is 2. The average Bonchev–Trinajstić information content (AvgIpc) is 3.22. The van der Waals surface area contributed by atoms with Crippen molar-refractivity contribution in [1.29, 1.82) is 0 Å². The summed E-state index contributed by atoms with van der Waals surface area (Å²) in [6.45, 7) is 4.62. The van der Waals surface area contributed by atoms with Gasteiger partial charge in [-0.05, 0) is 66.7 Å². The van der Waals surface area contributed by atoms with E-state index in [9.17, 15) is 14.7 Å². The van der Waals surface area contributed by atoms with E-state index in [1.54, 1.807) is 48.7 Å². The predicted octanol–water partition coefficient (Wildman–Crippen LogP) is 4.65. The number of hydrogen-bond acceptors (Lipinski definition) is 6. The number of aliphatic imine (C=N–C) groups is 1. The number of carbonyl (C=O) groups excluding carboxylic acids is 2. The fourth-order valence-corrected chi connectivity index (χ4v) is 4.26. The van der Waals surface area contributed by atoms with Crippen molar-refractivity contribution in [3.05, 3.63) is 83.4 Å². The van der Waals surface area contributed by atoms with Crippen LogP contribution in [0.2, 0.25) is 0 Å². The molecular formula is C28H26N4O4. The molecule has 0 aliphatic carbocycles. The van der Waals surface area contributed by atoms with E-state index in [1.165, 1.54) is 6.92 Å². The summed E-state index contributed by atoms with van der Waals surface area (Å²) in [7, 11) is 0. The van der Waals surface area contributed by atoms with Gasteiger partial charge in [-0.3, -0.25) is 14.6 Å². The number of aromatic hydroxyl groups is 1. The number of H-pyrrole nitrogens is 1. The Hall–Kier alpha value is -4.43. The maximum Gasteiger partial charge on any atom is 0.221 e. The number of rotatable bonds is 6. The Bertz CT molecular complexity index is 1430. The lowest BCUT2D eigenvalue weighted by Crippen LogP contribution is -2.36. The first kappa shape index (κ1) is 23.3. The second-order valence-corrected chi connectivity index (χ2v) is 8.61. The highest BCUT2D eigenvalue weighted by Gasteiger charge is 2.15. The molecule has 1 aliphatic heterocycles. The van der Waals surface area contributed by atoms with Gasteiger partial charge in [-0.25, -0.2) is 0 Å². The summed E-state index contributed by atoms with van der Waals surface area (Å²) >= 11 is 0. The van der Waals surface area contributed by atoms with E-state index in [1.807, 2.05) is 24.3 Å². The van der Waals surface area contributed by atoms with E-state index in [4.69, 9.17) is 4.74 Å². The molecule has 3 aromatic carbocycles. The first-order valence-electron chi connectivity index (χ1n) is 11.7. The highest BCUT2D eigenvalue weighted by atomic mass is 16.5. The lowest BCUT2D eigenvalue weighted by molar-refractivity contribution is -0.114. The van der Waals surface area contributed by atoms with Gasteiger partial charge in [0, 0.05) is 59.6 Å². The quantitative estimate of drug-likeness (QED) is 0.274. The first-order valence-corrected chi connectivity index (χ1v) is 11.7. The Balaban J connectivity index is 1.37. The van der Waals surface area contributed by atoms with Crippen LogP contribution >= 0.6 is 0 Å². The van der Waals surface area contributed by atoms with Gasteiger partial charge >= 0.3 is 0 Å². The van der Waals surface area contributed by atoms with Crippen molar-refractivity contribution in [2.75, 3.05) is 36.5 Å². The van der Waals surface area contributed by atoms with Crippen LogP contribution in [0.15, 0.2) is 71.7 Å². The third-order valence-corrected chi connectivity index (χ3v) is 6.12. The van der Waals surface area contributed by atoms with Gasteiger partial charge < -0.3 is 25.0 Å². The van der Waals surface area contributed by atoms with E-state index in [0.29, 0.717) is 33.3 Å². The number of fused-ring (bicyclic) bond motifs is 1. The molecule has 8 heteroatoms. The minimum Gasteiger partial charge on any atom is -0.494 e. The Kier molecular flexibility index (Phi) is 6.51. The average molecular weight is 483 g/mol. The molecule has 1 aromatic heterocycles. The van der Waals surface area contributed by atoms with E-state index in [0.717, 1.165) is 37.7 Å². The van der Waals surface area contributed by atoms with Gasteiger partial charge in [0.05, 0.1) is 24.5 Å². The van der Waals surface area contributed by atoms with Crippen molar-refractivity contribution < 1.29 is 19.4 Å². The number of amides is 1. The van der Waals surface area contributed by atoms with Crippen molar-refractivity contribution in [2.45, 2.75) is 6.92 Å². The van der Waals surface area contributed by atoms with E-state index < -0.39 is 0 Å². The van der Waals surface area contributed by atoms with Gasteiger partial charge in [0.15, 0.2) is 11.7 Å². The van der Waals surface area contributed by atoms with Gasteiger partial charge in [-0.1, -0.05) is 0 Å². The summed E-state index contributed by atoms with van der Waals surface area (Å²) in [5.74, 6) is -0.342. The minimum absolute atomic E-state index is 0.0112. The van der Waals surface area contributed by atoms with Crippen molar-refractivity contribution >= 4 is 45.9 Å². The first-order chi connectivity index (χ1) is 17.5. The fourth-order valence-electron chi connectivity index (χ4n) is 4.26. The van der Waals surface area contributed by atoms with Crippen LogP contribution in [0.25, 0.3) is 10.9 Å². The molecule has 0 unspecified atom stereocenters. The fraction of sp³-hybridized carbons (Fsp3) is 0.179. The molecule has 0 atom stereocenters. The molecule has 0 radical (unpaired) electrons. The number of ether oxygens (including phenoxy) is 1. The van der Waals surface area contributed by atoms with Crippen molar-refractivity contribution in [3.8, 4) is 5.88 Å². The zero-order chi connectivity index (χ0) is 25.1. The molecule has 2 heterocycles. The SMILES string of the molecule is CC(=O)Nc1ccc(C(=O)c2ccc3[nH]c(O)c(C=Nc4ccc(N5CCOCC5)cc4)c3c2)cc1. The molecule has 36 heavy (non-hydrogen) atoms. The number of anilines is 2. The third-order valence-electron chi connectivity index (χ3n) is 6.12. The number of hydrogen-bond donors (Lipinski definition) is 3. The lowest BCUT2D eigenvalue weighted by Gasteiger charge is -2.28. The Morgan fingerprint density at radius 3 is 2.39 bits per heavy atom. The van der Waals surface area contributed by atoms with Crippen LogP contribution in [0.4, 0.5) is 17.1 Å². The maximum atomic E-state index is 13.1. The summed E-state index contributed by atoms with van der Waals surface area (Å²) < 4.78 is 5.41. The van der Waals surface area contributed by atoms with E-state index >= 15 is 0 Å². The highest BCUT2D eigenvalue weighted by molar-refractivity contribution is 6.12. The van der Waals surface area contributed by atoms with Crippen LogP contribution in [0.5, 0.6) is 5.88 Å². The second kappa shape index (κ2) is 10.1. The number of aromatic amines is 1. The molecule has 1 aliphatic rings. The predicted molar refractivity (Wildman–Crippen MR) is 141 cm³/mol. The molecule has 5 rings (SSSR count). The molecule has 0 saturated carbocycles. The summed E-state index contributed by atoms with van der Waals surface area (Å²) in [6.07, 6.45) is 1.61. The summed E-state index contributed by atoms with van der Waals surface area (Å²) in [6, 6.07) is 19.9. The van der Waals surface area contributed by atoms with Crippen LogP contribution in [0.1, 0.15) is 28.4 Å². The van der Waals surface area contributed by atoms with Gasteiger partial charge in [-0.15, -0.1) is 0 Å². The van der Waals surface area contributed by atoms with Gasteiger partial charge in [0.25, 0.3) is 0 Å². The Morgan fingerprint density at radius 2 is 1.69 bits per heavy atom. The Labute approximate surface area is 208 Å². The number of morpholine rings is 1. The maximum absolute atomic E-state index is 13.1. The van der Waals surface area contributed by atoms with Gasteiger partial charge in [0.1, 0.15) is 0 Å². The molecule has 1 fully saturated rings. The summed E-state index contributed by atoms with van der Waals surface area (Å²) in [4.78, 5) is 34.1. The van der Waals surface area contributed by atoms with Gasteiger partial charge in [-0.2, -0.15) is 0 Å². The molecule has 3 N–H and O–H groups in total. The molecule has 1 amide bonds. The molecule has 1 saturated heterocycles. The number of aromatic nitrogens is 1. The molecule has 182 valence electrons. The molecule has 8 nitrogen and oxygen atoms in total. The van der Waals surface area contributed by atoms with Crippen LogP contribution in [-0.4, -0.2) is 54.3 Å². The smallest absolute Gasteiger partial charge is 0.221 e. The largest absolute Gasteiger partial charge is 0.494 e. The topological polar surface area (TPSA) is 107 Å². The molecule has 4 aromatic rings. The van der Waals surface area contributed by atoms with Crippen LogP contribution in [0, 0.1) is 0 Å². The van der Waals surface area contributed by atoms with Crippen molar-refractivity contribution in [1.82, 2.24) is 4.98 Å². The molecule has 0 spiro atoms.